The second-order valence-electron chi connectivity index (χ2n) is 1.52. The van der Waals surface area contributed by atoms with Crippen molar-refractivity contribution in [3.8, 4) is 0 Å². The Morgan fingerprint density at radius 3 is 3.12 bits per heavy atom. The van der Waals surface area contributed by atoms with Crippen LogP contribution in [0.25, 0.3) is 0 Å². The molecular formula is C4H7N2OS+. The van der Waals surface area contributed by atoms with Gasteiger partial charge in [-0.2, -0.15) is 0 Å². The Bertz CT molecular complexity index is 143. The molecule has 1 rings (SSSR count). The molecule has 1 aliphatic heterocycles. The number of nitrogens with zero attached hydrogens (tertiary/aromatic N) is 1. The van der Waals surface area contributed by atoms with Gasteiger partial charge in [0.25, 0.3) is 6.34 Å². The van der Waals surface area contributed by atoms with E-state index < -0.39 is 0 Å². The largest absolute Gasteiger partial charge is 0.320 e. The zero-order valence-electron chi connectivity index (χ0n) is 4.55. The summed E-state index contributed by atoms with van der Waals surface area (Å²) >= 11 is 1.49. The fourth-order valence-electron chi connectivity index (χ4n) is 0.402. The van der Waals surface area contributed by atoms with E-state index in [2.05, 4.69) is 5.32 Å². The summed E-state index contributed by atoms with van der Waals surface area (Å²) in [6.45, 7) is 0. The summed E-state index contributed by atoms with van der Waals surface area (Å²) in [4.78, 5) is 10.4. The van der Waals surface area contributed by atoms with Gasteiger partial charge in [-0.25, -0.2) is 14.1 Å². The molecule has 0 bridgehead atoms. The highest BCUT2D eigenvalue weighted by atomic mass is 32.2. The molecule has 3 nitrogen and oxygen atoms in total. The van der Waals surface area contributed by atoms with E-state index in [0.29, 0.717) is 5.75 Å². The highest BCUT2D eigenvalue weighted by molar-refractivity contribution is 7.94. The van der Waals surface area contributed by atoms with E-state index in [-0.39, 0.29) is 5.91 Å². The molecular weight excluding hydrogens is 124 g/mol. The summed E-state index contributed by atoms with van der Waals surface area (Å²) in [6.07, 6.45) is 1.65. The predicted octanol–water partition coefficient (Wildman–Crippen LogP) is -0.565. The molecule has 0 radical (unpaired) electrons. The van der Waals surface area contributed by atoms with E-state index in [0.717, 1.165) is 0 Å². The van der Waals surface area contributed by atoms with E-state index in [1.54, 1.807) is 6.34 Å². The van der Waals surface area contributed by atoms with Crippen LogP contribution in [-0.4, -0.2) is 29.0 Å². The molecule has 44 valence electrons. The Morgan fingerprint density at radius 1 is 2.00 bits per heavy atom. The summed E-state index contributed by atoms with van der Waals surface area (Å²) in [6, 6.07) is 0. The molecule has 1 heterocycles. The third-order valence-corrected chi connectivity index (χ3v) is 1.71. The first-order valence-corrected chi connectivity index (χ1v) is 3.22. The van der Waals surface area contributed by atoms with Crippen LogP contribution in [0, 0.1) is 0 Å². The predicted molar refractivity (Wildman–Crippen MR) is 32.8 cm³/mol. The van der Waals surface area contributed by atoms with Crippen molar-refractivity contribution in [2.45, 2.75) is 0 Å². The van der Waals surface area contributed by atoms with E-state index in [9.17, 15) is 4.79 Å². The standard InChI is InChI=1S/C4H6N2OS/c1-6-3-5-4(7)2-8-6/h3H,2H2,1H3/p+1. The maximum atomic E-state index is 10.4. The minimum absolute atomic E-state index is 0.0769. The first kappa shape index (κ1) is 5.62. The molecule has 0 aromatic heterocycles. The number of nitrogens with one attached hydrogen (secondary N) is 1. The lowest BCUT2D eigenvalue weighted by atomic mass is 10.7. The van der Waals surface area contributed by atoms with Gasteiger partial charge < -0.3 is 0 Å². The lowest BCUT2D eigenvalue weighted by molar-refractivity contribution is -0.304. The number of amides is 1. The van der Waals surface area contributed by atoms with Crippen LogP contribution in [0.3, 0.4) is 0 Å². The number of carbonyl (C=O) groups is 1. The number of hydrogen-bond donors (Lipinski definition) is 1. The van der Waals surface area contributed by atoms with Crippen LogP contribution in [0.4, 0.5) is 0 Å². The summed E-state index contributed by atoms with van der Waals surface area (Å²) in [7, 11) is 1.89. The Labute approximate surface area is 51.9 Å². The topological polar surface area (TPSA) is 32.1 Å². The van der Waals surface area contributed by atoms with Crippen molar-refractivity contribution in [2.24, 2.45) is 0 Å². The number of hydrogen-bond acceptors (Lipinski definition) is 2. The maximum Gasteiger partial charge on any atom is 0.320 e. The normalized spacial score (nSPS) is 19.6. The maximum absolute atomic E-state index is 10.4. The van der Waals surface area contributed by atoms with Crippen LogP contribution in [-0.2, 0) is 4.79 Å². The average Bonchev–Trinajstić information content (AvgIpc) is 1.77. The van der Waals surface area contributed by atoms with Gasteiger partial charge in [0.2, 0.25) is 0 Å². The molecule has 0 atom stereocenters. The molecule has 0 aliphatic carbocycles. The van der Waals surface area contributed by atoms with Crippen LogP contribution < -0.4 is 5.32 Å². The first-order chi connectivity index (χ1) is 3.79. The molecule has 0 aromatic rings. The van der Waals surface area contributed by atoms with Crippen molar-refractivity contribution in [1.29, 1.82) is 0 Å². The minimum Gasteiger partial charge on any atom is -0.246 e. The first-order valence-electron chi connectivity index (χ1n) is 2.27. The zero-order chi connectivity index (χ0) is 5.98. The van der Waals surface area contributed by atoms with Gasteiger partial charge >= 0.3 is 5.91 Å². The van der Waals surface area contributed by atoms with Crippen LogP contribution >= 0.6 is 11.9 Å². The third kappa shape index (κ3) is 1.23. The molecule has 0 aromatic carbocycles. The van der Waals surface area contributed by atoms with Gasteiger partial charge in [-0.05, 0) is 0 Å². The second-order valence-corrected chi connectivity index (χ2v) is 2.64. The van der Waals surface area contributed by atoms with Crippen molar-refractivity contribution >= 4 is 24.2 Å². The Kier molecular flexibility index (Phi) is 1.53. The van der Waals surface area contributed by atoms with Crippen LogP contribution in [0.15, 0.2) is 0 Å². The van der Waals surface area contributed by atoms with Crippen molar-refractivity contribution in [3.63, 3.8) is 0 Å². The van der Waals surface area contributed by atoms with Crippen LogP contribution in [0.1, 0.15) is 0 Å². The highest BCUT2D eigenvalue weighted by Crippen LogP contribution is 1.99. The second kappa shape index (κ2) is 2.17. The van der Waals surface area contributed by atoms with Crippen molar-refractivity contribution in [1.82, 2.24) is 5.32 Å². The van der Waals surface area contributed by atoms with Gasteiger partial charge in [-0.15, -0.1) is 0 Å². The monoisotopic (exact) mass is 131 g/mol. The van der Waals surface area contributed by atoms with Crippen molar-refractivity contribution in [3.05, 3.63) is 0 Å². The smallest absolute Gasteiger partial charge is 0.246 e. The summed E-state index contributed by atoms with van der Waals surface area (Å²) in [5, 5.41) is 2.57. The van der Waals surface area contributed by atoms with E-state index in [1.165, 1.54) is 11.9 Å². The Balaban J connectivity index is 2.55. The minimum atomic E-state index is 0.0769. The van der Waals surface area contributed by atoms with Crippen LogP contribution in [0.5, 0.6) is 0 Å². The fraction of sp³-hybridized carbons (Fsp3) is 0.500. The number of carbonyl (C=O) groups excluding carboxylic acids is 1. The van der Waals surface area contributed by atoms with Gasteiger partial charge in [0.05, 0.1) is 19.0 Å². The number of rotatable bonds is 0. The van der Waals surface area contributed by atoms with E-state index in [4.69, 9.17) is 0 Å². The molecule has 0 fully saturated rings. The zero-order valence-corrected chi connectivity index (χ0v) is 5.36. The quantitative estimate of drug-likeness (QED) is 0.353. The van der Waals surface area contributed by atoms with E-state index >= 15 is 0 Å². The molecule has 1 aliphatic rings. The van der Waals surface area contributed by atoms with Crippen LogP contribution in [0.2, 0.25) is 0 Å². The summed E-state index contributed by atoms with van der Waals surface area (Å²) in [5.41, 5.74) is 0. The Hall–Kier alpha value is -0.510. The molecule has 1 N–H and O–H groups in total. The molecule has 0 saturated carbocycles. The van der Waals surface area contributed by atoms with Crippen molar-refractivity contribution < 1.29 is 8.78 Å². The lowest BCUT2D eigenvalue weighted by Crippen LogP contribution is -2.31. The molecule has 1 amide bonds. The molecule has 8 heavy (non-hydrogen) atoms. The van der Waals surface area contributed by atoms with Gasteiger partial charge in [0.15, 0.2) is 0 Å². The highest BCUT2D eigenvalue weighted by Gasteiger charge is 2.12. The third-order valence-electron chi connectivity index (χ3n) is 0.807. The van der Waals surface area contributed by atoms with E-state index in [1.807, 2.05) is 11.0 Å². The van der Waals surface area contributed by atoms with Gasteiger partial charge in [0, 0.05) is 0 Å². The average molecular weight is 131 g/mol. The molecule has 0 unspecified atom stereocenters. The molecule has 4 heteroatoms. The van der Waals surface area contributed by atoms with Crippen molar-refractivity contribution in [2.75, 3.05) is 12.8 Å². The van der Waals surface area contributed by atoms with Gasteiger partial charge in [-0.3, -0.25) is 0 Å². The molecule has 0 spiro atoms. The fourth-order valence-corrected chi connectivity index (χ4v) is 0.934. The Morgan fingerprint density at radius 2 is 2.75 bits per heavy atom. The summed E-state index contributed by atoms with van der Waals surface area (Å²) in [5.74, 6) is 0.612. The van der Waals surface area contributed by atoms with Gasteiger partial charge in [-0.1, -0.05) is 0 Å². The van der Waals surface area contributed by atoms with Gasteiger partial charge in [0.1, 0.15) is 5.75 Å². The molecule has 0 saturated heterocycles. The summed E-state index contributed by atoms with van der Waals surface area (Å²) < 4.78 is 1.86. The SMILES string of the molecule is C[N+]1=CNC(=O)CS1. The lowest BCUT2D eigenvalue weighted by Gasteiger charge is -2.00.